The van der Waals surface area contributed by atoms with Crippen LogP contribution in [0.3, 0.4) is 0 Å². The smallest absolute Gasteiger partial charge is 0.274 e. The minimum Gasteiger partial charge on any atom is -0.395 e. The van der Waals surface area contributed by atoms with Crippen LogP contribution in [0.2, 0.25) is 0 Å². The number of aromatic amines is 1. The lowest BCUT2D eigenvalue weighted by Crippen LogP contribution is -2.37. The van der Waals surface area contributed by atoms with Crippen molar-refractivity contribution in [3.63, 3.8) is 0 Å². The van der Waals surface area contributed by atoms with Crippen molar-refractivity contribution in [1.29, 1.82) is 0 Å². The Bertz CT molecular complexity index is 498. The second-order valence-electron chi connectivity index (χ2n) is 6.13. The summed E-state index contributed by atoms with van der Waals surface area (Å²) in [5.41, 5.74) is 2.32. The van der Waals surface area contributed by atoms with E-state index >= 15 is 0 Å². The zero-order valence-electron chi connectivity index (χ0n) is 13.2. The molecule has 118 valence electrons. The van der Waals surface area contributed by atoms with Crippen LogP contribution < -0.4 is 0 Å². The average molecular weight is 295 g/mol. The molecule has 0 radical (unpaired) electrons. The first-order valence-corrected chi connectivity index (χ1v) is 7.56. The van der Waals surface area contributed by atoms with Gasteiger partial charge in [-0.15, -0.1) is 0 Å². The zero-order chi connectivity index (χ0) is 15.6. The number of amides is 1. The van der Waals surface area contributed by atoms with Gasteiger partial charge in [0.15, 0.2) is 5.69 Å². The SMILES string of the molecule is CC(C)CN(CCO)C(=O)c1n[nH]c2c1C[C@H](C)O[C@@H]2C. The maximum absolute atomic E-state index is 12.7. The van der Waals surface area contributed by atoms with Crippen LogP contribution in [0.25, 0.3) is 0 Å². The molecule has 0 saturated carbocycles. The Balaban J connectivity index is 2.26. The van der Waals surface area contributed by atoms with Crippen LogP contribution in [0, 0.1) is 5.92 Å². The largest absolute Gasteiger partial charge is 0.395 e. The van der Waals surface area contributed by atoms with E-state index in [0.29, 0.717) is 31.1 Å². The fraction of sp³-hybridized carbons (Fsp3) is 0.733. The third kappa shape index (κ3) is 3.44. The number of aliphatic hydroxyl groups excluding tert-OH is 1. The Morgan fingerprint density at radius 3 is 2.86 bits per heavy atom. The monoisotopic (exact) mass is 295 g/mol. The van der Waals surface area contributed by atoms with Gasteiger partial charge in [-0.05, 0) is 19.8 Å². The molecule has 0 fully saturated rings. The first kappa shape index (κ1) is 16.0. The maximum Gasteiger partial charge on any atom is 0.274 e. The highest BCUT2D eigenvalue weighted by molar-refractivity contribution is 5.94. The van der Waals surface area contributed by atoms with E-state index in [1.54, 1.807) is 4.90 Å². The fourth-order valence-electron chi connectivity index (χ4n) is 2.84. The van der Waals surface area contributed by atoms with Gasteiger partial charge in [0.1, 0.15) is 0 Å². The van der Waals surface area contributed by atoms with Gasteiger partial charge in [0.2, 0.25) is 0 Å². The number of rotatable bonds is 5. The van der Waals surface area contributed by atoms with Gasteiger partial charge in [0.05, 0.1) is 24.5 Å². The lowest BCUT2D eigenvalue weighted by atomic mass is 9.99. The van der Waals surface area contributed by atoms with Crippen LogP contribution in [-0.2, 0) is 11.2 Å². The Kier molecular flexibility index (Phi) is 5.00. The lowest BCUT2D eigenvalue weighted by molar-refractivity contribution is -0.00703. The molecule has 0 aromatic carbocycles. The second kappa shape index (κ2) is 6.58. The Hall–Kier alpha value is -1.40. The molecule has 21 heavy (non-hydrogen) atoms. The number of hydrogen-bond acceptors (Lipinski definition) is 4. The van der Waals surface area contributed by atoms with Gasteiger partial charge in [-0.25, -0.2) is 0 Å². The quantitative estimate of drug-likeness (QED) is 0.863. The molecule has 0 bridgehead atoms. The molecule has 0 aliphatic carbocycles. The van der Waals surface area contributed by atoms with Gasteiger partial charge in [0, 0.05) is 25.1 Å². The normalized spacial score (nSPS) is 21.4. The Morgan fingerprint density at radius 1 is 1.52 bits per heavy atom. The predicted octanol–water partition coefficient (Wildman–Crippen LogP) is 1.52. The molecule has 1 aromatic rings. The molecular formula is C15H25N3O3. The van der Waals surface area contributed by atoms with Crippen molar-refractivity contribution < 1.29 is 14.6 Å². The summed E-state index contributed by atoms with van der Waals surface area (Å²) in [4.78, 5) is 14.4. The summed E-state index contributed by atoms with van der Waals surface area (Å²) in [7, 11) is 0. The third-order valence-corrected chi connectivity index (χ3v) is 3.68. The summed E-state index contributed by atoms with van der Waals surface area (Å²) in [6.07, 6.45) is 0.688. The molecule has 1 aliphatic rings. The van der Waals surface area contributed by atoms with E-state index in [9.17, 15) is 9.90 Å². The van der Waals surface area contributed by atoms with E-state index in [0.717, 1.165) is 11.3 Å². The second-order valence-corrected chi connectivity index (χ2v) is 6.13. The molecule has 6 nitrogen and oxygen atoms in total. The van der Waals surface area contributed by atoms with Crippen LogP contribution in [-0.4, -0.2) is 51.9 Å². The van der Waals surface area contributed by atoms with Gasteiger partial charge in [-0.3, -0.25) is 9.89 Å². The van der Waals surface area contributed by atoms with Crippen molar-refractivity contribution >= 4 is 5.91 Å². The average Bonchev–Trinajstić information content (AvgIpc) is 2.80. The molecule has 1 aliphatic heterocycles. The molecular weight excluding hydrogens is 270 g/mol. The van der Waals surface area contributed by atoms with E-state index in [2.05, 4.69) is 24.0 Å². The molecule has 1 aromatic heterocycles. The number of aliphatic hydroxyl groups is 1. The number of hydrogen-bond donors (Lipinski definition) is 2. The number of nitrogens with one attached hydrogen (secondary N) is 1. The number of ether oxygens (including phenoxy) is 1. The number of carbonyl (C=O) groups excluding carboxylic acids is 1. The highest BCUT2D eigenvalue weighted by atomic mass is 16.5. The fourth-order valence-corrected chi connectivity index (χ4v) is 2.84. The van der Waals surface area contributed by atoms with Crippen LogP contribution in [0.5, 0.6) is 0 Å². The van der Waals surface area contributed by atoms with Crippen molar-refractivity contribution in [3.8, 4) is 0 Å². The number of fused-ring (bicyclic) bond motifs is 1. The molecule has 1 amide bonds. The molecule has 2 rings (SSSR count). The first-order chi connectivity index (χ1) is 9.93. The summed E-state index contributed by atoms with van der Waals surface area (Å²) >= 11 is 0. The Labute approximate surface area is 125 Å². The van der Waals surface area contributed by atoms with E-state index in [1.807, 2.05) is 13.8 Å². The predicted molar refractivity (Wildman–Crippen MR) is 79.1 cm³/mol. The Morgan fingerprint density at radius 2 is 2.24 bits per heavy atom. The molecule has 0 saturated heterocycles. The molecule has 2 N–H and O–H groups in total. The third-order valence-electron chi connectivity index (χ3n) is 3.68. The van der Waals surface area contributed by atoms with Gasteiger partial charge < -0.3 is 14.7 Å². The van der Waals surface area contributed by atoms with Crippen LogP contribution in [0.1, 0.15) is 55.5 Å². The minimum absolute atomic E-state index is 0.0407. The van der Waals surface area contributed by atoms with Crippen molar-refractivity contribution in [2.45, 2.75) is 46.3 Å². The molecule has 2 atom stereocenters. The summed E-state index contributed by atoms with van der Waals surface area (Å²) in [6.45, 7) is 8.97. The van der Waals surface area contributed by atoms with E-state index in [1.165, 1.54) is 0 Å². The van der Waals surface area contributed by atoms with E-state index in [-0.39, 0.29) is 24.7 Å². The number of nitrogens with zero attached hydrogens (tertiary/aromatic N) is 2. The highest BCUT2D eigenvalue weighted by Crippen LogP contribution is 2.30. The summed E-state index contributed by atoms with van der Waals surface area (Å²) < 4.78 is 5.74. The summed E-state index contributed by atoms with van der Waals surface area (Å²) in [5, 5.41) is 16.3. The van der Waals surface area contributed by atoms with Gasteiger partial charge in [0.25, 0.3) is 5.91 Å². The number of aromatic nitrogens is 2. The van der Waals surface area contributed by atoms with Crippen molar-refractivity contribution in [2.24, 2.45) is 5.92 Å². The van der Waals surface area contributed by atoms with Gasteiger partial charge >= 0.3 is 0 Å². The highest BCUT2D eigenvalue weighted by Gasteiger charge is 2.31. The number of H-pyrrole nitrogens is 1. The van der Waals surface area contributed by atoms with Crippen molar-refractivity contribution in [1.82, 2.24) is 15.1 Å². The van der Waals surface area contributed by atoms with Crippen molar-refractivity contribution in [2.75, 3.05) is 19.7 Å². The molecule has 0 unspecified atom stereocenters. The zero-order valence-corrected chi connectivity index (χ0v) is 13.2. The standard InChI is InChI=1S/C15H25N3O3/c1-9(2)8-18(5-6-19)15(20)14-12-7-10(3)21-11(4)13(12)16-17-14/h9-11,19H,5-8H2,1-4H3,(H,16,17)/t10-,11+/m0/s1. The van der Waals surface area contributed by atoms with E-state index < -0.39 is 0 Å². The molecule has 0 spiro atoms. The first-order valence-electron chi connectivity index (χ1n) is 7.56. The van der Waals surface area contributed by atoms with E-state index in [4.69, 9.17) is 4.74 Å². The van der Waals surface area contributed by atoms with Crippen LogP contribution >= 0.6 is 0 Å². The summed E-state index contributed by atoms with van der Waals surface area (Å²) in [5.74, 6) is 0.230. The summed E-state index contributed by atoms with van der Waals surface area (Å²) in [6, 6.07) is 0. The van der Waals surface area contributed by atoms with Gasteiger partial charge in [-0.2, -0.15) is 5.10 Å². The van der Waals surface area contributed by atoms with Crippen LogP contribution in [0.4, 0.5) is 0 Å². The van der Waals surface area contributed by atoms with Crippen LogP contribution in [0.15, 0.2) is 0 Å². The molecule has 6 heteroatoms. The van der Waals surface area contributed by atoms with Gasteiger partial charge in [-0.1, -0.05) is 13.8 Å². The maximum atomic E-state index is 12.7. The van der Waals surface area contributed by atoms with Crippen molar-refractivity contribution in [3.05, 3.63) is 17.0 Å². The molecule has 2 heterocycles. The lowest BCUT2D eigenvalue weighted by Gasteiger charge is -2.27. The number of carbonyl (C=O) groups is 1. The minimum atomic E-state index is -0.114. The topological polar surface area (TPSA) is 78.5 Å².